The monoisotopic (exact) mass is 462 g/mol. The number of carbonyl (C=O) groups excluding carboxylic acids is 1. The van der Waals surface area contributed by atoms with E-state index in [9.17, 15) is 9.90 Å². The number of benzene rings is 1. The molecule has 3 aromatic rings. The zero-order valence-electron chi connectivity index (χ0n) is 19.9. The quantitative estimate of drug-likeness (QED) is 0.579. The molecule has 8 nitrogen and oxygen atoms in total. The minimum absolute atomic E-state index is 0.00253. The van der Waals surface area contributed by atoms with Crippen molar-refractivity contribution in [1.29, 1.82) is 0 Å². The van der Waals surface area contributed by atoms with Crippen molar-refractivity contribution >= 4 is 22.6 Å². The first-order chi connectivity index (χ1) is 16.6. The third-order valence-electron chi connectivity index (χ3n) is 7.51. The van der Waals surface area contributed by atoms with Gasteiger partial charge in [-0.3, -0.25) is 14.4 Å². The maximum absolute atomic E-state index is 12.8. The highest BCUT2D eigenvalue weighted by Crippen LogP contribution is 2.31. The zero-order chi connectivity index (χ0) is 23.5. The number of fused-ring (bicyclic) bond motifs is 1. The van der Waals surface area contributed by atoms with Crippen LogP contribution in [0.2, 0.25) is 0 Å². The molecule has 0 bridgehead atoms. The van der Waals surface area contributed by atoms with Gasteiger partial charge in [-0.1, -0.05) is 12.5 Å². The molecule has 3 heterocycles. The number of hydrogen-bond acceptors (Lipinski definition) is 6. The molecular formula is C26H34N6O2. The Hall–Kier alpha value is -2.84. The number of rotatable bonds is 6. The van der Waals surface area contributed by atoms with E-state index >= 15 is 0 Å². The molecule has 1 saturated heterocycles. The van der Waals surface area contributed by atoms with Gasteiger partial charge in [-0.15, -0.1) is 10.2 Å². The van der Waals surface area contributed by atoms with Gasteiger partial charge in [-0.05, 0) is 81.3 Å². The van der Waals surface area contributed by atoms with Crippen molar-refractivity contribution in [3.63, 3.8) is 0 Å². The summed E-state index contributed by atoms with van der Waals surface area (Å²) in [7, 11) is 2.01. The van der Waals surface area contributed by atoms with Crippen molar-refractivity contribution in [3.8, 4) is 11.1 Å². The van der Waals surface area contributed by atoms with Crippen LogP contribution in [-0.2, 0) is 18.4 Å². The van der Waals surface area contributed by atoms with Gasteiger partial charge >= 0.3 is 0 Å². The smallest absolute Gasteiger partial charge is 0.228 e. The number of likely N-dealkylation sites (tertiary alicyclic amines) is 1. The van der Waals surface area contributed by atoms with E-state index in [2.05, 4.69) is 37.6 Å². The fraction of sp³-hybridized carbons (Fsp3) is 0.538. The second-order valence-electron chi connectivity index (χ2n) is 9.86. The number of aryl methyl sites for hydroxylation is 1. The van der Waals surface area contributed by atoms with Gasteiger partial charge in [0.25, 0.3) is 0 Å². The molecule has 2 aromatic heterocycles. The topological polar surface area (TPSA) is 96.2 Å². The van der Waals surface area contributed by atoms with Crippen LogP contribution in [0, 0.1) is 11.8 Å². The molecule has 2 aliphatic rings. The van der Waals surface area contributed by atoms with Gasteiger partial charge in [-0.25, -0.2) is 0 Å². The molecule has 0 unspecified atom stereocenters. The highest BCUT2D eigenvalue weighted by Gasteiger charge is 2.26. The van der Waals surface area contributed by atoms with Crippen molar-refractivity contribution in [2.24, 2.45) is 18.9 Å². The Morgan fingerprint density at radius 3 is 2.65 bits per heavy atom. The first-order valence-electron chi connectivity index (χ1n) is 12.5. The minimum atomic E-state index is -0.0284. The van der Waals surface area contributed by atoms with E-state index in [-0.39, 0.29) is 18.4 Å². The molecule has 1 amide bonds. The Balaban J connectivity index is 1.34. The van der Waals surface area contributed by atoms with Crippen molar-refractivity contribution < 1.29 is 9.90 Å². The van der Waals surface area contributed by atoms with Gasteiger partial charge < -0.3 is 10.4 Å². The number of nitrogens with one attached hydrogen (secondary N) is 1. The van der Waals surface area contributed by atoms with Crippen LogP contribution >= 0.6 is 0 Å². The number of amides is 1. The number of carbonyl (C=O) groups is 1. The SMILES string of the molecule is Cn1ncc(-c2ccc3nnc(NC(=O)C4CCC(CO)CC4)cc3c2)c1CN1CCCCC1. The van der Waals surface area contributed by atoms with Gasteiger partial charge in [-0.2, -0.15) is 5.10 Å². The van der Waals surface area contributed by atoms with Crippen molar-refractivity contribution in [2.45, 2.75) is 51.5 Å². The number of piperidine rings is 1. The summed E-state index contributed by atoms with van der Waals surface area (Å²) in [5.74, 6) is 0.783. The first-order valence-corrected chi connectivity index (χ1v) is 12.5. The van der Waals surface area contributed by atoms with Gasteiger partial charge in [0.05, 0.1) is 17.4 Å². The van der Waals surface area contributed by atoms with Gasteiger partial charge in [0.2, 0.25) is 5.91 Å². The second-order valence-corrected chi connectivity index (χ2v) is 9.86. The van der Waals surface area contributed by atoms with E-state index in [0.717, 1.165) is 67.3 Å². The maximum atomic E-state index is 12.8. The standard InChI is InChI=1S/C26H34N6O2/c1-31-24(16-32-11-3-2-4-12-32)22(15-27-31)20-9-10-23-21(13-20)14-25(30-29-23)28-26(34)19-7-5-18(17-33)6-8-19/h9-10,13-15,18-19,33H,2-8,11-12,16-17H2,1H3,(H,28,30,34). The third kappa shape index (κ3) is 4.98. The van der Waals surface area contributed by atoms with Crippen molar-refractivity contribution in [1.82, 2.24) is 24.9 Å². The van der Waals surface area contributed by atoms with Crippen LogP contribution in [-0.4, -0.2) is 55.6 Å². The Kier molecular flexibility index (Phi) is 6.87. The summed E-state index contributed by atoms with van der Waals surface area (Å²) >= 11 is 0. The van der Waals surface area contributed by atoms with Crippen LogP contribution in [0.15, 0.2) is 30.5 Å². The molecule has 2 fully saturated rings. The lowest BCUT2D eigenvalue weighted by Crippen LogP contribution is -2.30. The van der Waals surface area contributed by atoms with Gasteiger partial charge in [0.1, 0.15) is 0 Å². The number of aliphatic hydroxyl groups excluding tert-OH is 1. The highest BCUT2D eigenvalue weighted by atomic mass is 16.3. The summed E-state index contributed by atoms with van der Waals surface area (Å²) in [6.07, 6.45) is 9.20. The molecular weight excluding hydrogens is 428 g/mol. The van der Waals surface area contributed by atoms with Gasteiger partial charge in [0, 0.05) is 37.1 Å². The molecule has 0 radical (unpaired) electrons. The highest BCUT2D eigenvalue weighted by molar-refractivity contribution is 5.94. The Morgan fingerprint density at radius 1 is 1.09 bits per heavy atom. The largest absolute Gasteiger partial charge is 0.396 e. The lowest BCUT2D eigenvalue weighted by Gasteiger charge is -2.26. The van der Waals surface area contributed by atoms with Crippen LogP contribution < -0.4 is 5.32 Å². The number of aliphatic hydroxyl groups is 1. The number of nitrogens with zero attached hydrogens (tertiary/aromatic N) is 5. The third-order valence-corrected chi connectivity index (χ3v) is 7.51. The maximum Gasteiger partial charge on any atom is 0.228 e. The van der Waals surface area contributed by atoms with E-state index in [4.69, 9.17) is 0 Å². The predicted octanol–water partition coefficient (Wildman–Crippen LogP) is 3.75. The van der Waals surface area contributed by atoms with Crippen molar-refractivity contribution in [2.75, 3.05) is 25.0 Å². The molecule has 0 atom stereocenters. The summed E-state index contributed by atoms with van der Waals surface area (Å²) in [6, 6.07) is 8.08. The summed E-state index contributed by atoms with van der Waals surface area (Å²) in [5, 5.41) is 26.4. The van der Waals surface area contributed by atoms with E-state index in [0.29, 0.717) is 11.7 Å². The average Bonchev–Trinajstić information content (AvgIpc) is 3.24. The van der Waals surface area contributed by atoms with Crippen LogP contribution in [0.25, 0.3) is 22.0 Å². The van der Waals surface area contributed by atoms with E-state index < -0.39 is 0 Å². The minimum Gasteiger partial charge on any atom is -0.396 e. The van der Waals surface area contributed by atoms with E-state index in [1.807, 2.05) is 30.1 Å². The average molecular weight is 463 g/mol. The second kappa shape index (κ2) is 10.2. The van der Waals surface area contributed by atoms with Crippen LogP contribution in [0.5, 0.6) is 0 Å². The van der Waals surface area contributed by atoms with Gasteiger partial charge in [0.15, 0.2) is 5.82 Å². The fourth-order valence-corrected chi connectivity index (χ4v) is 5.33. The fourth-order valence-electron chi connectivity index (χ4n) is 5.33. The zero-order valence-corrected chi connectivity index (χ0v) is 19.9. The van der Waals surface area contributed by atoms with Crippen LogP contribution in [0.4, 0.5) is 5.82 Å². The first kappa shape index (κ1) is 22.9. The molecule has 180 valence electrons. The summed E-state index contributed by atoms with van der Waals surface area (Å²) in [4.78, 5) is 15.3. The summed E-state index contributed by atoms with van der Waals surface area (Å²) in [6.45, 7) is 3.40. The van der Waals surface area contributed by atoms with Crippen molar-refractivity contribution in [3.05, 3.63) is 36.2 Å². The molecule has 34 heavy (non-hydrogen) atoms. The Bertz CT molecular complexity index is 1150. The lowest BCUT2D eigenvalue weighted by molar-refractivity contribution is -0.121. The number of aromatic nitrogens is 4. The Morgan fingerprint density at radius 2 is 1.88 bits per heavy atom. The molecule has 1 aromatic carbocycles. The Labute approximate surface area is 200 Å². The molecule has 2 N–H and O–H groups in total. The molecule has 0 spiro atoms. The van der Waals surface area contributed by atoms with Crippen LogP contribution in [0.3, 0.4) is 0 Å². The number of anilines is 1. The summed E-state index contributed by atoms with van der Waals surface area (Å²) in [5.41, 5.74) is 4.25. The molecule has 1 saturated carbocycles. The summed E-state index contributed by atoms with van der Waals surface area (Å²) < 4.78 is 1.98. The lowest BCUT2D eigenvalue weighted by atomic mass is 9.82. The van der Waals surface area contributed by atoms with Crippen LogP contribution in [0.1, 0.15) is 50.6 Å². The molecule has 8 heteroatoms. The molecule has 5 rings (SSSR count). The molecule has 1 aliphatic heterocycles. The number of hydrogen-bond donors (Lipinski definition) is 2. The predicted molar refractivity (Wildman–Crippen MR) is 132 cm³/mol. The normalized spacial score (nSPS) is 21.6. The van der Waals surface area contributed by atoms with E-state index in [1.54, 1.807) is 0 Å². The molecule has 1 aliphatic carbocycles. The van der Waals surface area contributed by atoms with E-state index in [1.165, 1.54) is 25.0 Å².